The molecule has 0 aliphatic carbocycles. The van der Waals surface area contributed by atoms with Gasteiger partial charge in [0.05, 0.1) is 13.9 Å². The largest absolute Gasteiger partial charge is 0.453 e. The van der Waals surface area contributed by atoms with Crippen LogP contribution in [0.25, 0.3) is 0 Å². The van der Waals surface area contributed by atoms with Crippen LogP contribution in [0.4, 0.5) is 10.1 Å². The zero-order chi connectivity index (χ0) is 15.6. The smallest absolute Gasteiger partial charge is 0.271 e. The van der Waals surface area contributed by atoms with Gasteiger partial charge in [-0.3, -0.25) is 10.1 Å². The first-order valence-electron chi connectivity index (χ1n) is 5.44. The Kier molecular flexibility index (Phi) is 4.55. The van der Waals surface area contributed by atoms with E-state index in [0.29, 0.717) is 8.95 Å². The molecule has 0 amide bonds. The van der Waals surface area contributed by atoms with Crippen molar-refractivity contribution in [2.45, 2.75) is 0 Å². The van der Waals surface area contributed by atoms with Crippen LogP contribution < -0.4 is 4.74 Å². The number of hydrogen-bond donors (Lipinski definition) is 0. The molecule has 0 aliphatic rings. The normalized spacial score (nSPS) is 10.0. The van der Waals surface area contributed by atoms with E-state index in [9.17, 15) is 14.5 Å². The monoisotopic (exact) mass is 414 g/mol. The highest BCUT2D eigenvalue weighted by atomic mass is 79.9. The molecule has 0 aliphatic heterocycles. The van der Waals surface area contributed by atoms with Crippen molar-refractivity contribution in [2.24, 2.45) is 0 Å². The number of hydrogen-bond acceptors (Lipinski definition) is 4. The van der Waals surface area contributed by atoms with Crippen molar-refractivity contribution < 1.29 is 14.1 Å². The van der Waals surface area contributed by atoms with Crippen LogP contribution in [0.1, 0.15) is 5.56 Å². The van der Waals surface area contributed by atoms with Gasteiger partial charge in [-0.2, -0.15) is 5.26 Å². The number of nitriles is 1. The van der Waals surface area contributed by atoms with Crippen LogP contribution in [0.15, 0.2) is 39.3 Å². The molecule has 0 heterocycles. The number of non-ortho nitro benzene ring substituents is 1. The summed E-state index contributed by atoms with van der Waals surface area (Å²) in [7, 11) is 0. The van der Waals surface area contributed by atoms with E-state index in [1.54, 1.807) is 6.07 Å². The fourth-order valence-electron chi connectivity index (χ4n) is 1.56. The first kappa shape index (κ1) is 15.4. The highest BCUT2D eigenvalue weighted by Crippen LogP contribution is 2.40. The Labute approximate surface area is 135 Å². The Hall–Kier alpha value is -1.98. The molecule has 0 N–H and O–H groups in total. The first-order chi connectivity index (χ1) is 9.93. The quantitative estimate of drug-likeness (QED) is 0.526. The maximum atomic E-state index is 13.5. The average molecular weight is 416 g/mol. The van der Waals surface area contributed by atoms with Gasteiger partial charge in [0.25, 0.3) is 5.69 Å². The minimum Gasteiger partial charge on any atom is -0.453 e. The van der Waals surface area contributed by atoms with Crippen molar-refractivity contribution >= 4 is 37.5 Å². The molecular formula is C13H5Br2FN2O3. The van der Waals surface area contributed by atoms with Gasteiger partial charge >= 0.3 is 0 Å². The molecular weight excluding hydrogens is 411 g/mol. The summed E-state index contributed by atoms with van der Waals surface area (Å²) in [6, 6.07) is 8.20. The van der Waals surface area contributed by atoms with Crippen LogP contribution in [-0.2, 0) is 0 Å². The van der Waals surface area contributed by atoms with Crippen LogP contribution in [0.3, 0.4) is 0 Å². The Morgan fingerprint density at radius 1 is 1.29 bits per heavy atom. The number of ether oxygens (including phenoxy) is 1. The number of rotatable bonds is 3. The van der Waals surface area contributed by atoms with Crippen molar-refractivity contribution in [3.05, 3.63) is 60.8 Å². The van der Waals surface area contributed by atoms with Gasteiger partial charge in [-0.25, -0.2) is 4.39 Å². The molecule has 5 nitrogen and oxygen atoms in total. The Morgan fingerprint density at radius 2 is 1.90 bits per heavy atom. The Balaban J connectivity index is 2.49. The van der Waals surface area contributed by atoms with Gasteiger partial charge in [-0.15, -0.1) is 0 Å². The SMILES string of the molecule is N#Cc1c(F)cccc1Oc1c(Br)cc([N+](=O)[O-])cc1Br. The average Bonchev–Trinajstić information content (AvgIpc) is 2.42. The summed E-state index contributed by atoms with van der Waals surface area (Å²) in [5.41, 5.74) is -0.379. The molecule has 8 heteroatoms. The zero-order valence-corrected chi connectivity index (χ0v) is 13.3. The van der Waals surface area contributed by atoms with E-state index in [4.69, 9.17) is 10.00 Å². The van der Waals surface area contributed by atoms with Gasteiger partial charge < -0.3 is 4.74 Å². The van der Waals surface area contributed by atoms with Gasteiger partial charge in [0, 0.05) is 12.1 Å². The summed E-state index contributed by atoms with van der Waals surface area (Å²) in [6.45, 7) is 0. The third-order valence-electron chi connectivity index (χ3n) is 2.49. The second-order valence-electron chi connectivity index (χ2n) is 3.82. The fraction of sp³-hybridized carbons (Fsp3) is 0. The van der Waals surface area contributed by atoms with Gasteiger partial charge in [0.1, 0.15) is 23.2 Å². The van der Waals surface area contributed by atoms with Gasteiger partial charge in [-0.05, 0) is 44.0 Å². The topological polar surface area (TPSA) is 76.2 Å². The first-order valence-corrected chi connectivity index (χ1v) is 7.02. The van der Waals surface area contributed by atoms with E-state index in [1.165, 1.54) is 24.3 Å². The molecule has 21 heavy (non-hydrogen) atoms. The summed E-state index contributed by atoms with van der Waals surface area (Å²) in [6.07, 6.45) is 0. The zero-order valence-electron chi connectivity index (χ0n) is 10.1. The third-order valence-corrected chi connectivity index (χ3v) is 3.67. The number of halogens is 3. The van der Waals surface area contributed by atoms with Crippen molar-refractivity contribution in [3.63, 3.8) is 0 Å². The molecule has 0 atom stereocenters. The van der Waals surface area contributed by atoms with Crippen LogP contribution in [-0.4, -0.2) is 4.92 Å². The second kappa shape index (κ2) is 6.20. The fourth-order valence-corrected chi connectivity index (χ4v) is 2.88. The maximum Gasteiger partial charge on any atom is 0.271 e. The van der Waals surface area contributed by atoms with Crippen molar-refractivity contribution in [1.29, 1.82) is 5.26 Å². The lowest BCUT2D eigenvalue weighted by Gasteiger charge is -2.11. The summed E-state index contributed by atoms with van der Waals surface area (Å²) in [5, 5.41) is 19.7. The standard InChI is InChI=1S/C13H5Br2FN2O3/c14-9-4-7(18(19)20)5-10(15)13(9)21-12-3-1-2-11(16)8(12)6-17/h1-5H. The summed E-state index contributed by atoms with van der Waals surface area (Å²) < 4.78 is 19.6. The summed E-state index contributed by atoms with van der Waals surface area (Å²) in [5.74, 6) is -0.473. The molecule has 2 aromatic carbocycles. The molecule has 0 bridgehead atoms. The van der Waals surface area contributed by atoms with E-state index in [2.05, 4.69) is 31.9 Å². The van der Waals surface area contributed by atoms with Gasteiger partial charge in [0.15, 0.2) is 5.75 Å². The molecule has 0 spiro atoms. The molecule has 0 saturated heterocycles. The molecule has 0 radical (unpaired) electrons. The van der Waals surface area contributed by atoms with E-state index in [0.717, 1.165) is 6.07 Å². The van der Waals surface area contributed by atoms with Crippen molar-refractivity contribution in [3.8, 4) is 17.6 Å². The number of benzene rings is 2. The van der Waals surface area contributed by atoms with Crippen LogP contribution >= 0.6 is 31.9 Å². The maximum absolute atomic E-state index is 13.5. The predicted octanol–water partition coefficient (Wildman–Crippen LogP) is 4.92. The Bertz CT molecular complexity index is 751. The van der Waals surface area contributed by atoms with E-state index < -0.39 is 10.7 Å². The van der Waals surface area contributed by atoms with E-state index >= 15 is 0 Å². The van der Waals surface area contributed by atoms with E-state index in [1.807, 2.05) is 0 Å². The minimum atomic E-state index is -0.704. The number of nitro benzene ring substituents is 1. The molecule has 0 aromatic heterocycles. The number of nitro groups is 1. The molecule has 106 valence electrons. The summed E-state index contributed by atoms with van der Waals surface area (Å²) in [4.78, 5) is 10.2. The van der Waals surface area contributed by atoms with Gasteiger partial charge in [0.2, 0.25) is 0 Å². The van der Waals surface area contributed by atoms with Crippen LogP contribution in [0.2, 0.25) is 0 Å². The molecule has 0 saturated carbocycles. The van der Waals surface area contributed by atoms with Gasteiger partial charge in [-0.1, -0.05) is 6.07 Å². The predicted molar refractivity (Wildman–Crippen MR) is 79.7 cm³/mol. The summed E-state index contributed by atoms with van der Waals surface area (Å²) >= 11 is 6.31. The number of nitrogens with zero attached hydrogens (tertiary/aromatic N) is 2. The highest BCUT2D eigenvalue weighted by Gasteiger charge is 2.18. The highest BCUT2D eigenvalue weighted by molar-refractivity contribution is 9.11. The lowest BCUT2D eigenvalue weighted by molar-refractivity contribution is -0.385. The molecule has 2 aromatic rings. The van der Waals surface area contributed by atoms with Crippen LogP contribution in [0, 0.1) is 27.3 Å². The molecule has 0 unspecified atom stereocenters. The molecule has 2 rings (SSSR count). The minimum absolute atomic E-state index is 0.0211. The lowest BCUT2D eigenvalue weighted by Crippen LogP contribution is -1.95. The lowest BCUT2D eigenvalue weighted by atomic mass is 10.2. The Morgan fingerprint density at radius 3 is 2.43 bits per heavy atom. The van der Waals surface area contributed by atoms with Crippen molar-refractivity contribution in [2.75, 3.05) is 0 Å². The van der Waals surface area contributed by atoms with E-state index in [-0.39, 0.29) is 22.7 Å². The van der Waals surface area contributed by atoms with Crippen LogP contribution in [0.5, 0.6) is 11.5 Å². The second-order valence-corrected chi connectivity index (χ2v) is 5.53. The van der Waals surface area contributed by atoms with Crippen molar-refractivity contribution in [1.82, 2.24) is 0 Å². The molecule has 0 fully saturated rings. The third kappa shape index (κ3) is 3.20.